The van der Waals surface area contributed by atoms with Crippen LogP contribution in [0.15, 0.2) is 29.1 Å². The summed E-state index contributed by atoms with van der Waals surface area (Å²) in [7, 11) is 0. The summed E-state index contributed by atoms with van der Waals surface area (Å²) >= 11 is 0.0850. The van der Waals surface area contributed by atoms with Gasteiger partial charge in [-0.2, -0.15) is 0 Å². The third-order valence-electron chi connectivity index (χ3n) is 3.06. The number of hydrogen-bond acceptors (Lipinski definition) is 2. The number of carbonyl (C=O) groups is 1. The first-order valence-corrected chi connectivity index (χ1v) is 8.39. The average molecular weight is 339 g/mol. The van der Waals surface area contributed by atoms with Gasteiger partial charge in [-0.3, -0.25) is 0 Å². The van der Waals surface area contributed by atoms with Gasteiger partial charge in [-0.25, -0.2) is 0 Å². The van der Waals surface area contributed by atoms with Crippen LogP contribution in [-0.4, -0.2) is 30.7 Å². The zero-order chi connectivity index (χ0) is 14.8. The Morgan fingerprint density at radius 2 is 2.00 bits per heavy atom. The Hall–Kier alpha value is -1.32. The Morgan fingerprint density at radius 1 is 1.30 bits per heavy atom. The first-order chi connectivity index (χ1) is 9.39. The molecule has 1 N–H and O–H groups in total. The van der Waals surface area contributed by atoms with Gasteiger partial charge in [0.05, 0.1) is 0 Å². The van der Waals surface area contributed by atoms with Crippen LogP contribution < -0.4 is 10.9 Å². The summed E-state index contributed by atoms with van der Waals surface area (Å²) in [5, 5.41) is 3.75. The number of amides is 1. The molecule has 2 rings (SSSR count). The molecule has 0 fully saturated rings. The van der Waals surface area contributed by atoms with Crippen LogP contribution in [0.2, 0.25) is 0 Å². The van der Waals surface area contributed by atoms with Crippen LogP contribution in [0.1, 0.15) is 27.2 Å². The number of nitrogens with one attached hydrogen (secondary N) is 1. The van der Waals surface area contributed by atoms with E-state index < -0.39 is 0 Å². The van der Waals surface area contributed by atoms with Gasteiger partial charge in [0.15, 0.2) is 0 Å². The molecule has 0 atom stereocenters. The Bertz CT molecular complexity index is 664. The first kappa shape index (κ1) is 15.1. The number of benzene rings is 1. The van der Waals surface area contributed by atoms with E-state index in [0.717, 1.165) is 16.1 Å². The normalized spacial score (nSPS) is 11.8. The van der Waals surface area contributed by atoms with Gasteiger partial charge in [0, 0.05) is 0 Å². The molecule has 2 aromatic rings. The van der Waals surface area contributed by atoms with Crippen LogP contribution in [0, 0.1) is 5.41 Å². The molecule has 4 nitrogen and oxygen atoms in total. The van der Waals surface area contributed by atoms with Crippen molar-refractivity contribution in [3.8, 4) is 0 Å². The SMILES string of the molecule is CC(C)(C)C(=O)NCCCn1[se]c2ccccc2c1=O. The molecule has 0 aliphatic carbocycles. The Morgan fingerprint density at radius 3 is 2.65 bits per heavy atom. The van der Waals surface area contributed by atoms with Crippen molar-refractivity contribution in [1.82, 2.24) is 8.88 Å². The third kappa shape index (κ3) is 3.41. The second kappa shape index (κ2) is 5.98. The van der Waals surface area contributed by atoms with Gasteiger partial charge in [0.25, 0.3) is 0 Å². The van der Waals surface area contributed by atoms with E-state index in [1.54, 1.807) is 0 Å². The predicted molar refractivity (Wildman–Crippen MR) is 82.2 cm³/mol. The van der Waals surface area contributed by atoms with Crippen LogP contribution >= 0.6 is 0 Å². The summed E-state index contributed by atoms with van der Waals surface area (Å²) in [5.41, 5.74) is -0.230. The molecule has 20 heavy (non-hydrogen) atoms. The van der Waals surface area contributed by atoms with Crippen molar-refractivity contribution in [2.75, 3.05) is 6.54 Å². The molecule has 0 saturated carbocycles. The fourth-order valence-corrected chi connectivity index (χ4v) is 4.02. The van der Waals surface area contributed by atoms with Crippen molar-refractivity contribution in [3.05, 3.63) is 34.6 Å². The molecular formula is C15H20N2O2Se. The first-order valence-electron chi connectivity index (χ1n) is 6.77. The molecule has 5 heteroatoms. The quantitative estimate of drug-likeness (QED) is 0.680. The minimum absolute atomic E-state index is 0.0547. The number of fused-ring (bicyclic) bond motifs is 1. The molecule has 1 aromatic heterocycles. The van der Waals surface area contributed by atoms with Crippen LogP contribution in [0.25, 0.3) is 9.65 Å². The molecule has 0 unspecified atom stereocenters. The van der Waals surface area contributed by atoms with Crippen molar-refractivity contribution in [1.29, 1.82) is 0 Å². The standard InChI is InChI=1S/C15H20N2O2Se/c1-15(2,3)14(19)16-9-6-10-17-13(18)11-7-4-5-8-12(11)20-17/h4-5,7-8H,6,9-10H2,1-3H3,(H,16,19). The number of nitrogens with zero attached hydrogens (tertiary/aromatic N) is 1. The van der Waals surface area contributed by atoms with Gasteiger partial charge in [-0.1, -0.05) is 0 Å². The summed E-state index contributed by atoms with van der Waals surface area (Å²) in [6, 6.07) is 7.79. The fourth-order valence-electron chi connectivity index (χ4n) is 1.85. The fraction of sp³-hybridized carbons (Fsp3) is 0.467. The summed E-state index contributed by atoms with van der Waals surface area (Å²) in [5.74, 6) is 0.0547. The number of aryl methyl sites for hydroxylation is 1. The van der Waals surface area contributed by atoms with E-state index in [-0.39, 0.29) is 31.6 Å². The molecule has 1 aromatic carbocycles. The van der Waals surface area contributed by atoms with E-state index in [1.807, 2.05) is 48.6 Å². The zero-order valence-corrected chi connectivity index (χ0v) is 13.8. The van der Waals surface area contributed by atoms with Gasteiger partial charge in [0.1, 0.15) is 0 Å². The molecule has 0 bridgehead atoms. The van der Waals surface area contributed by atoms with Gasteiger partial charge in [0.2, 0.25) is 0 Å². The molecule has 0 aliphatic rings. The van der Waals surface area contributed by atoms with Crippen molar-refractivity contribution in [2.24, 2.45) is 5.41 Å². The third-order valence-corrected chi connectivity index (χ3v) is 5.41. The molecule has 0 spiro atoms. The van der Waals surface area contributed by atoms with Gasteiger partial charge < -0.3 is 0 Å². The monoisotopic (exact) mass is 340 g/mol. The maximum absolute atomic E-state index is 12.1. The second-order valence-electron chi connectivity index (χ2n) is 5.85. The number of hydrogen-bond donors (Lipinski definition) is 1. The van der Waals surface area contributed by atoms with E-state index in [0.29, 0.717) is 13.1 Å². The Labute approximate surface area is 124 Å². The van der Waals surface area contributed by atoms with Gasteiger partial charge >= 0.3 is 124 Å². The van der Waals surface area contributed by atoms with Crippen LogP contribution in [0.3, 0.4) is 0 Å². The zero-order valence-electron chi connectivity index (χ0n) is 12.1. The van der Waals surface area contributed by atoms with Crippen molar-refractivity contribution in [2.45, 2.75) is 33.7 Å². The average Bonchev–Trinajstić information content (AvgIpc) is 2.71. The van der Waals surface area contributed by atoms with E-state index in [4.69, 9.17) is 0 Å². The molecule has 0 aliphatic heterocycles. The van der Waals surface area contributed by atoms with Crippen molar-refractivity contribution < 1.29 is 4.79 Å². The van der Waals surface area contributed by atoms with Crippen molar-refractivity contribution >= 4 is 30.3 Å². The summed E-state index contributed by atoms with van der Waals surface area (Å²) in [6.45, 7) is 7.01. The van der Waals surface area contributed by atoms with E-state index in [1.165, 1.54) is 0 Å². The van der Waals surface area contributed by atoms with Crippen LogP contribution in [-0.2, 0) is 11.3 Å². The van der Waals surface area contributed by atoms with E-state index in [9.17, 15) is 9.59 Å². The van der Waals surface area contributed by atoms with Crippen LogP contribution in [0.4, 0.5) is 0 Å². The molecule has 0 radical (unpaired) electrons. The number of aromatic nitrogens is 1. The van der Waals surface area contributed by atoms with Crippen LogP contribution in [0.5, 0.6) is 0 Å². The summed E-state index contributed by atoms with van der Waals surface area (Å²) in [6.07, 6.45) is 0.795. The number of carbonyl (C=O) groups excluding carboxylic acids is 1. The second-order valence-corrected chi connectivity index (χ2v) is 8.08. The molecule has 108 valence electrons. The maximum atomic E-state index is 12.1. The minimum atomic E-state index is -0.358. The van der Waals surface area contributed by atoms with E-state index in [2.05, 4.69) is 5.32 Å². The van der Waals surface area contributed by atoms with Crippen molar-refractivity contribution in [3.63, 3.8) is 0 Å². The topological polar surface area (TPSA) is 51.1 Å². The number of rotatable bonds is 4. The Kier molecular flexibility index (Phi) is 4.51. The summed E-state index contributed by atoms with van der Waals surface area (Å²) < 4.78 is 3.06. The van der Waals surface area contributed by atoms with Gasteiger partial charge in [-0.05, 0) is 0 Å². The van der Waals surface area contributed by atoms with Gasteiger partial charge in [-0.15, -0.1) is 0 Å². The molecule has 0 saturated heterocycles. The van der Waals surface area contributed by atoms with E-state index >= 15 is 0 Å². The Balaban J connectivity index is 1.92. The molecule has 1 amide bonds. The predicted octanol–water partition coefficient (Wildman–Crippen LogP) is 1.61. The molecular weight excluding hydrogens is 319 g/mol. The molecule has 1 heterocycles. The summed E-state index contributed by atoms with van der Waals surface area (Å²) in [4.78, 5) is 23.9.